The maximum atomic E-state index is 12.6. The van der Waals surface area contributed by atoms with Gasteiger partial charge in [0.25, 0.3) is 11.1 Å². The largest absolute Gasteiger partial charge is 0.507 e. The lowest BCUT2D eigenvalue weighted by atomic mass is 10.1. The number of hydrogen-bond donors (Lipinski definition) is 2. The molecule has 0 aromatic heterocycles. The van der Waals surface area contributed by atoms with E-state index in [0.717, 1.165) is 27.8 Å². The lowest BCUT2D eigenvalue weighted by molar-refractivity contribution is -0.127. The smallest absolute Gasteiger partial charge is 0.294 e. The molecule has 7 heteroatoms. The Balaban J connectivity index is 1.74. The lowest BCUT2D eigenvalue weighted by Gasteiger charge is -2.14. The third-order valence-electron chi connectivity index (χ3n) is 4.64. The highest BCUT2D eigenvalue weighted by atomic mass is 32.2. The van der Waals surface area contributed by atoms with E-state index in [1.54, 1.807) is 38.1 Å². The number of carbonyl (C=O) groups is 3. The molecule has 2 aromatic rings. The Hall–Kier alpha value is -3.06. The van der Waals surface area contributed by atoms with Crippen LogP contribution in [0.5, 0.6) is 5.75 Å². The number of imide groups is 1. The zero-order valence-corrected chi connectivity index (χ0v) is 17.5. The van der Waals surface area contributed by atoms with E-state index in [2.05, 4.69) is 5.32 Å². The van der Waals surface area contributed by atoms with Crippen molar-refractivity contribution in [3.63, 3.8) is 0 Å². The van der Waals surface area contributed by atoms with E-state index in [4.69, 9.17) is 0 Å². The Morgan fingerprint density at radius 3 is 2.34 bits per heavy atom. The summed E-state index contributed by atoms with van der Waals surface area (Å²) < 4.78 is 0. The highest BCUT2D eigenvalue weighted by Gasteiger charge is 2.36. The summed E-state index contributed by atoms with van der Waals surface area (Å²) in [5.41, 5.74) is 4.72. The van der Waals surface area contributed by atoms with Crippen molar-refractivity contribution in [3.05, 3.63) is 63.1 Å². The van der Waals surface area contributed by atoms with Crippen LogP contribution in [0, 0.1) is 27.7 Å². The fourth-order valence-corrected chi connectivity index (χ4v) is 3.99. The van der Waals surface area contributed by atoms with E-state index < -0.39 is 17.1 Å². The molecule has 0 aliphatic carbocycles. The topological polar surface area (TPSA) is 86.7 Å². The molecule has 0 spiro atoms. The SMILES string of the molecule is Cc1ccc(NC(=O)CN2C(=O)SC(=Cc3cc(C)c(O)c(C)c3)C2=O)c(C)c1. The van der Waals surface area contributed by atoms with Gasteiger partial charge in [-0.25, -0.2) is 0 Å². The van der Waals surface area contributed by atoms with Gasteiger partial charge in [0, 0.05) is 5.69 Å². The van der Waals surface area contributed by atoms with Gasteiger partial charge in [0.15, 0.2) is 0 Å². The fourth-order valence-electron chi connectivity index (χ4n) is 3.15. The number of rotatable bonds is 4. The van der Waals surface area contributed by atoms with Gasteiger partial charge in [0.05, 0.1) is 4.91 Å². The average molecular weight is 410 g/mol. The predicted octanol–water partition coefficient (Wildman–Crippen LogP) is 4.30. The maximum Gasteiger partial charge on any atom is 0.294 e. The summed E-state index contributed by atoms with van der Waals surface area (Å²) >= 11 is 0.802. The summed E-state index contributed by atoms with van der Waals surface area (Å²) in [5, 5.41) is 12.2. The van der Waals surface area contributed by atoms with Crippen molar-refractivity contribution in [1.82, 2.24) is 4.90 Å². The van der Waals surface area contributed by atoms with E-state index in [9.17, 15) is 19.5 Å². The summed E-state index contributed by atoms with van der Waals surface area (Å²) in [4.78, 5) is 38.5. The minimum absolute atomic E-state index is 0.207. The van der Waals surface area contributed by atoms with Gasteiger partial charge in [0.2, 0.25) is 5.91 Å². The first-order valence-corrected chi connectivity index (χ1v) is 9.90. The van der Waals surface area contributed by atoms with Crippen molar-refractivity contribution in [2.24, 2.45) is 0 Å². The monoisotopic (exact) mass is 410 g/mol. The minimum Gasteiger partial charge on any atom is -0.507 e. The summed E-state index contributed by atoms with van der Waals surface area (Å²) in [7, 11) is 0. The van der Waals surface area contributed by atoms with Crippen LogP contribution in [0.1, 0.15) is 27.8 Å². The van der Waals surface area contributed by atoms with Gasteiger partial charge >= 0.3 is 0 Å². The molecule has 29 heavy (non-hydrogen) atoms. The van der Waals surface area contributed by atoms with Crippen LogP contribution in [0.2, 0.25) is 0 Å². The molecule has 0 atom stereocenters. The van der Waals surface area contributed by atoms with Crippen LogP contribution in [0.15, 0.2) is 35.2 Å². The van der Waals surface area contributed by atoms with Gasteiger partial charge in [-0.1, -0.05) is 17.7 Å². The molecule has 1 fully saturated rings. The van der Waals surface area contributed by atoms with Gasteiger partial charge in [-0.15, -0.1) is 0 Å². The summed E-state index contributed by atoms with van der Waals surface area (Å²) in [6, 6.07) is 9.10. The van der Waals surface area contributed by atoms with Gasteiger partial charge < -0.3 is 10.4 Å². The van der Waals surface area contributed by atoms with Crippen LogP contribution in [0.25, 0.3) is 6.08 Å². The second-order valence-electron chi connectivity index (χ2n) is 7.14. The first kappa shape index (κ1) is 20.7. The van der Waals surface area contributed by atoms with Crippen molar-refractivity contribution >= 4 is 40.6 Å². The second-order valence-corrected chi connectivity index (χ2v) is 8.13. The molecule has 2 aromatic carbocycles. The maximum absolute atomic E-state index is 12.6. The van der Waals surface area contributed by atoms with Crippen molar-refractivity contribution in [1.29, 1.82) is 0 Å². The number of nitrogens with zero attached hydrogens (tertiary/aromatic N) is 1. The normalized spacial score (nSPS) is 15.3. The molecule has 2 N–H and O–H groups in total. The number of phenols is 1. The summed E-state index contributed by atoms with van der Waals surface area (Å²) in [5.74, 6) is -0.727. The molecule has 6 nitrogen and oxygen atoms in total. The summed E-state index contributed by atoms with van der Waals surface area (Å²) in [6.07, 6.45) is 1.60. The zero-order chi connectivity index (χ0) is 21.3. The van der Waals surface area contributed by atoms with Crippen molar-refractivity contribution in [2.45, 2.75) is 27.7 Å². The highest BCUT2D eigenvalue weighted by Crippen LogP contribution is 2.33. The number of aryl methyl sites for hydroxylation is 4. The number of nitrogens with one attached hydrogen (secondary N) is 1. The quantitative estimate of drug-likeness (QED) is 0.734. The number of aromatic hydroxyl groups is 1. The lowest BCUT2D eigenvalue weighted by Crippen LogP contribution is -2.36. The number of benzene rings is 2. The van der Waals surface area contributed by atoms with Crippen LogP contribution in [-0.2, 0) is 9.59 Å². The number of thioether (sulfide) groups is 1. The van der Waals surface area contributed by atoms with Crippen LogP contribution in [-0.4, -0.2) is 33.6 Å². The molecule has 3 rings (SSSR count). The fraction of sp³-hybridized carbons (Fsp3) is 0.227. The van der Waals surface area contributed by atoms with Crippen LogP contribution < -0.4 is 5.32 Å². The number of carbonyl (C=O) groups excluding carboxylic acids is 3. The molecule has 1 heterocycles. The van der Waals surface area contributed by atoms with E-state index in [1.165, 1.54) is 0 Å². The minimum atomic E-state index is -0.501. The van der Waals surface area contributed by atoms with Gasteiger partial charge in [0.1, 0.15) is 12.3 Å². The molecule has 0 bridgehead atoms. The Morgan fingerprint density at radius 2 is 1.72 bits per heavy atom. The second kappa shape index (κ2) is 8.13. The van der Waals surface area contributed by atoms with E-state index in [-0.39, 0.29) is 17.2 Å². The Morgan fingerprint density at radius 1 is 1.07 bits per heavy atom. The van der Waals surface area contributed by atoms with E-state index in [1.807, 2.05) is 26.0 Å². The molecule has 1 aliphatic heterocycles. The standard InChI is InChI=1S/C22H22N2O4S/c1-12-5-6-17(13(2)7-12)23-19(25)11-24-21(27)18(29-22(24)28)10-16-8-14(3)20(26)15(4)9-16/h5-10,26H,11H2,1-4H3,(H,23,25). The molecule has 0 radical (unpaired) electrons. The average Bonchev–Trinajstić information content (AvgIpc) is 2.89. The highest BCUT2D eigenvalue weighted by molar-refractivity contribution is 8.18. The molecule has 1 aliphatic rings. The van der Waals surface area contributed by atoms with Gasteiger partial charge in [-0.3, -0.25) is 19.3 Å². The van der Waals surface area contributed by atoms with Crippen LogP contribution >= 0.6 is 11.8 Å². The Bertz CT molecular complexity index is 1040. The van der Waals surface area contributed by atoms with Crippen molar-refractivity contribution < 1.29 is 19.5 Å². The first-order valence-electron chi connectivity index (χ1n) is 9.08. The molecule has 150 valence electrons. The zero-order valence-electron chi connectivity index (χ0n) is 16.7. The third-order valence-corrected chi connectivity index (χ3v) is 5.55. The third kappa shape index (κ3) is 4.51. The van der Waals surface area contributed by atoms with E-state index in [0.29, 0.717) is 22.4 Å². The predicted molar refractivity (Wildman–Crippen MR) is 115 cm³/mol. The number of anilines is 1. The van der Waals surface area contributed by atoms with Gasteiger partial charge in [-0.05, 0) is 86.0 Å². The first-order chi connectivity index (χ1) is 13.7. The molecular weight excluding hydrogens is 388 g/mol. The Kier molecular flexibility index (Phi) is 5.79. The van der Waals surface area contributed by atoms with Crippen LogP contribution in [0.3, 0.4) is 0 Å². The molecule has 0 saturated carbocycles. The van der Waals surface area contributed by atoms with E-state index >= 15 is 0 Å². The molecular formula is C22H22N2O4S. The number of phenolic OH excluding ortho intramolecular Hbond substituents is 1. The van der Waals surface area contributed by atoms with Gasteiger partial charge in [-0.2, -0.15) is 0 Å². The van der Waals surface area contributed by atoms with Crippen LogP contribution in [0.4, 0.5) is 10.5 Å². The number of hydrogen-bond acceptors (Lipinski definition) is 5. The molecule has 1 saturated heterocycles. The van der Waals surface area contributed by atoms with Crippen molar-refractivity contribution in [2.75, 3.05) is 11.9 Å². The molecule has 0 unspecified atom stereocenters. The number of amides is 3. The Labute approximate surface area is 173 Å². The molecule has 3 amide bonds. The van der Waals surface area contributed by atoms with Crippen molar-refractivity contribution in [3.8, 4) is 5.75 Å². The summed E-state index contributed by atoms with van der Waals surface area (Å²) in [6.45, 7) is 7.03.